The number of ether oxygens (including phenoxy) is 1. The molecule has 2 heterocycles. The van der Waals surface area contributed by atoms with Crippen LogP contribution in [0.3, 0.4) is 0 Å². The number of amides is 4. The number of halogens is 2. The smallest absolute Gasteiger partial charge is 0.318 e. The molecule has 4 N–H and O–H groups in total. The first-order valence-electron chi connectivity index (χ1n) is 10.2. The van der Waals surface area contributed by atoms with Gasteiger partial charge in [0.1, 0.15) is 17.1 Å². The number of nitrogens with one attached hydrogen (secondary N) is 2. The lowest BCUT2D eigenvalue weighted by atomic mass is 10.0. The molecule has 0 spiro atoms. The number of nitrogens with two attached hydrogens (primary N) is 1. The van der Waals surface area contributed by atoms with E-state index in [0.29, 0.717) is 37.5 Å². The Bertz CT molecular complexity index is 1090. The standard InChI is InChI=1S/C21H26ClFN6O4/c1-21(2,19(31)25-6-9-33-3)26-20(32)28-7-8-29-15(11-28)16(18(24)30)17(27-29)12-4-5-14(23)13(22)10-12/h4-5,10H,6-9,11H2,1-3H3,(H2,24,30)(H,25,31)(H,26,32). The number of fused-ring (bicyclic) bond motifs is 1. The second-order valence-electron chi connectivity index (χ2n) is 8.11. The molecule has 0 atom stereocenters. The number of primary amides is 1. The molecule has 0 radical (unpaired) electrons. The van der Waals surface area contributed by atoms with Crippen LogP contribution in [0.15, 0.2) is 18.2 Å². The zero-order chi connectivity index (χ0) is 24.3. The van der Waals surface area contributed by atoms with E-state index in [2.05, 4.69) is 15.7 Å². The number of carbonyl (C=O) groups excluding carboxylic acids is 3. The summed E-state index contributed by atoms with van der Waals surface area (Å²) in [6, 6.07) is 3.53. The third kappa shape index (κ3) is 5.25. The summed E-state index contributed by atoms with van der Waals surface area (Å²) in [5, 5.41) is 9.75. The van der Waals surface area contributed by atoms with E-state index in [9.17, 15) is 18.8 Å². The molecule has 4 amide bonds. The monoisotopic (exact) mass is 480 g/mol. The Hall–Kier alpha value is -3.18. The van der Waals surface area contributed by atoms with Crippen molar-refractivity contribution in [1.29, 1.82) is 0 Å². The molecule has 12 heteroatoms. The Morgan fingerprint density at radius 3 is 2.67 bits per heavy atom. The summed E-state index contributed by atoms with van der Waals surface area (Å²) in [6.45, 7) is 4.49. The summed E-state index contributed by atoms with van der Waals surface area (Å²) < 4.78 is 20.1. The number of benzene rings is 1. The Labute approximate surface area is 195 Å². The van der Waals surface area contributed by atoms with Crippen molar-refractivity contribution in [3.63, 3.8) is 0 Å². The van der Waals surface area contributed by atoms with Crippen molar-refractivity contribution in [2.75, 3.05) is 26.8 Å². The van der Waals surface area contributed by atoms with Crippen LogP contribution in [0.1, 0.15) is 29.9 Å². The summed E-state index contributed by atoms with van der Waals surface area (Å²) in [5.41, 5.74) is 5.73. The molecule has 2 aromatic rings. The quantitative estimate of drug-likeness (QED) is 0.517. The van der Waals surface area contributed by atoms with Crippen LogP contribution in [0.5, 0.6) is 0 Å². The van der Waals surface area contributed by atoms with Gasteiger partial charge in [-0.15, -0.1) is 0 Å². The molecule has 178 valence electrons. The van der Waals surface area contributed by atoms with Gasteiger partial charge in [-0.05, 0) is 32.0 Å². The van der Waals surface area contributed by atoms with Crippen LogP contribution in [0.4, 0.5) is 9.18 Å². The highest BCUT2D eigenvalue weighted by molar-refractivity contribution is 6.31. The van der Waals surface area contributed by atoms with Crippen LogP contribution in [0, 0.1) is 5.82 Å². The number of methoxy groups -OCH3 is 1. The number of hydrogen-bond donors (Lipinski definition) is 3. The van der Waals surface area contributed by atoms with Gasteiger partial charge in [0, 0.05) is 25.8 Å². The van der Waals surface area contributed by atoms with Crippen molar-refractivity contribution in [2.24, 2.45) is 5.73 Å². The fourth-order valence-corrected chi connectivity index (χ4v) is 3.67. The van der Waals surface area contributed by atoms with Gasteiger partial charge in [-0.1, -0.05) is 11.6 Å². The van der Waals surface area contributed by atoms with Gasteiger partial charge < -0.3 is 26.0 Å². The average molecular weight is 481 g/mol. The summed E-state index contributed by atoms with van der Waals surface area (Å²) in [7, 11) is 1.52. The maximum absolute atomic E-state index is 13.6. The van der Waals surface area contributed by atoms with E-state index >= 15 is 0 Å². The normalized spacial score (nSPS) is 13.4. The maximum Gasteiger partial charge on any atom is 0.318 e. The molecule has 0 saturated heterocycles. The zero-order valence-corrected chi connectivity index (χ0v) is 19.3. The second-order valence-corrected chi connectivity index (χ2v) is 8.52. The average Bonchev–Trinajstić information content (AvgIpc) is 3.14. The van der Waals surface area contributed by atoms with Gasteiger partial charge in [0.25, 0.3) is 5.91 Å². The summed E-state index contributed by atoms with van der Waals surface area (Å²) in [5.74, 6) is -1.68. The van der Waals surface area contributed by atoms with Crippen LogP contribution < -0.4 is 16.4 Å². The van der Waals surface area contributed by atoms with Crippen molar-refractivity contribution >= 4 is 29.4 Å². The first kappa shape index (κ1) is 24.5. The van der Waals surface area contributed by atoms with E-state index in [0.717, 1.165) is 0 Å². The predicted octanol–water partition coefficient (Wildman–Crippen LogP) is 1.51. The van der Waals surface area contributed by atoms with Gasteiger partial charge in [-0.2, -0.15) is 5.10 Å². The van der Waals surface area contributed by atoms with Crippen molar-refractivity contribution in [3.05, 3.63) is 40.3 Å². The molecule has 0 aliphatic carbocycles. The molecule has 0 fully saturated rings. The van der Waals surface area contributed by atoms with E-state index in [4.69, 9.17) is 22.1 Å². The molecule has 0 saturated carbocycles. The number of urea groups is 1. The van der Waals surface area contributed by atoms with Crippen molar-refractivity contribution in [3.8, 4) is 11.3 Å². The Morgan fingerprint density at radius 1 is 1.30 bits per heavy atom. The third-order valence-corrected chi connectivity index (χ3v) is 5.58. The minimum Gasteiger partial charge on any atom is -0.383 e. The summed E-state index contributed by atoms with van der Waals surface area (Å²) in [6.07, 6.45) is 0. The lowest BCUT2D eigenvalue weighted by Crippen LogP contribution is -2.58. The molecule has 1 aliphatic heterocycles. The number of nitrogens with zero attached hydrogens (tertiary/aromatic N) is 3. The Morgan fingerprint density at radius 2 is 2.03 bits per heavy atom. The molecule has 1 aliphatic rings. The number of rotatable bonds is 7. The molecule has 1 aromatic carbocycles. The van der Waals surface area contributed by atoms with E-state index in [1.54, 1.807) is 18.5 Å². The molecule has 10 nitrogen and oxygen atoms in total. The van der Waals surface area contributed by atoms with Gasteiger partial charge >= 0.3 is 6.03 Å². The van der Waals surface area contributed by atoms with E-state index in [1.807, 2.05) is 0 Å². The molecular weight excluding hydrogens is 455 g/mol. The molecule has 0 unspecified atom stereocenters. The van der Waals surface area contributed by atoms with Crippen molar-refractivity contribution < 1.29 is 23.5 Å². The SMILES string of the molecule is COCCNC(=O)C(C)(C)NC(=O)N1CCn2nc(-c3ccc(F)c(Cl)c3)c(C(N)=O)c2C1. The molecular formula is C21H26ClFN6O4. The zero-order valence-electron chi connectivity index (χ0n) is 18.6. The third-order valence-electron chi connectivity index (χ3n) is 5.29. The largest absolute Gasteiger partial charge is 0.383 e. The summed E-state index contributed by atoms with van der Waals surface area (Å²) >= 11 is 5.89. The molecule has 1 aromatic heterocycles. The minimum absolute atomic E-state index is 0.0490. The Kier molecular flexibility index (Phi) is 7.23. The van der Waals surface area contributed by atoms with E-state index in [1.165, 1.54) is 30.2 Å². The van der Waals surface area contributed by atoms with Gasteiger partial charge in [-0.25, -0.2) is 9.18 Å². The first-order chi connectivity index (χ1) is 15.5. The predicted molar refractivity (Wildman–Crippen MR) is 119 cm³/mol. The summed E-state index contributed by atoms with van der Waals surface area (Å²) in [4.78, 5) is 39.0. The van der Waals surface area contributed by atoms with Gasteiger partial charge in [0.05, 0.1) is 36.0 Å². The van der Waals surface area contributed by atoms with Crippen LogP contribution >= 0.6 is 11.6 Å². The number of hydrogen-bond acceptors (Lipinski definition) is 5. The molecule has 33 heavy (non-hydrogen) atoms. The fraction of sp³-hybridized carbons (Fsp3) is 0.429. The lowest BCUT2D eigenvalue weighted by Gasteiger charge is -2.32. The van der Waals surface area contributed by atoms with Gasteiger partial charge in [0.2, 0.25) is 5.91 Å². The fourth-order valence-electron chi connectivity index (χ4n) is 3.49. The van der Waals surface area contributed by atoms with E-state index < -0.39 is 23.3 Å². The first-order valence-corrected chi connectivity index (χ1v) is 10.6. The van der Waals surface area contributed by atoms with Crippen LogP contribution in [-0.2, 0) is 22.6 Å². The van der Waals surface area contributed by atoms with Crippen molar-refractivity contribution in [2.45, 2.75) is 32.5 Å². The number of aromatic nitrogens is 2. The number of carbonyl (C=O) groups is 3. The van der Waals surface area contributed by atoms with Gasteiger partial charge in [0.15, 0.2) is 0 Å². The highest BCUT2D eigenvalue weighted by Gasteiger charge is 2.34. The highest BCUT2D eigenvalue weighted by Crippen LogP contribution is 2.30. The maximum atomic E-state index is 13.6. The van der Waals surface area contributed by atoms with Crippen LogP contribution in [0.25, 0.3) is 11.3 Å². The van der Waals surface area contributed by atoms with Crippen molar-refractivity contribution in [1.82, 2.24) is 25.3 Å². The molecule has 3 rings (SSSR count). The van der Waals surface area contributed by atoms with E-state index in [-0.39, 0.29) is 28.7 Å². The second kappa shape index (κ2) is 9.75. The highest BCUT2D eigenvalue weighted by atomic mass is 35.5. The van der Waals surface area contributed by atoms with Gasteiger partial charge in [-0.3, -0.25) is 14.3 Å². The Balaban J connectivity index is 1.81. The topological polar surface area (TPSA) is 132 Å². The molecule has 0 bridgehead atoms. The lowest BCUT2D eigenvalue weighted by molar-refractivity contribution is -0.126. The van der Waals surface area contributed by atoms with Crippen LogP contribution in [0.2, 0.25) is 5.02 Å². The minimum atomic E-state index is -1.18. The van der Waals surface area contributed by atoms with Crippen LogP contribution in [-0.4, -0.2) is 64.9 Å².